The molecule has 2 rings (SSSR count). The monoisotopic (exact) mass is 243 g/mol. The van der Waals surface area contributed by atoms with Gasteiger partial charge in [-0.25, -0.2) is 4.39 Å². The molecule has 1 aromatic carbocycles. The van der Waals surface area contributed by atoms with E-state index in [1.807, 2.05) is 12.1 Å². The summed E-state index contributed by atoms with van der Waals surface area (Å²) in [5.74, 6) is -0.123. The van der Waals surface area contributed by atoms with Gasteiger partial charge in [-0.15, -0.1) is 0 Å². The van der Waals surface area contributed by atoms with Crippen molar-refractivity contribution in [1.82, 2.24) is 5.32 Å². The van der Waals surface area contributed by atoms with Gasteiger partial charge in [-0.2, -0.15) is 0 Å². The van der Waals surface area contributed by atoms with Crippen LogP contribution in [0.25, 0.3) is 0 Å². The van der Waals surface area contributed by atoms with E-state index in [0.29, 0.717) is 4.47 Å². The molecule has 1 fully saturated rings. The van der Waals surface area contributed by atoms with Crippen LogP contribution in [-0.4, -0.2) is 6.54 Å². The van der Waals surface area contributed by atoms with E-state index in [1.54, 1.807) is 6.07 Å². The third kappa shape index (κ3) is 1.76. The Bertz CT molecular complexity index is 308. The summed E-state index contributed by atoms with van der Waals surface area (Å²) in [4.78, 5) is 0. The molecule has 0 unspecified atom stereocenters. The molecule has 3 heteroatoms. The summed E-state index contributed by atoms with van der Waals surface area (Å²) >= 11 is 3.19. The zero-order chi connectivity index (χ0) is 9.26. The minimum atomic E-state index is -0.123. The Morgan fingerprint density at radius 1 is 1.46 bits per heavy atom. The molecule has 0 amide bonds. The summed E-state index contributed by atoms with van der Waals surface area (Å²) in [6.07, 6.45) is 2.17. The van der Waals surface area contributed by atoms with Gasteiger partial charge in [0, 0.05) is 11.6 Å². The summed E-state index contributed by atoms with van der Waals surface area (Å²) < 4.78 is 14.1. The molecule has 0 radical (unpaired) electrons. The van der Waals surface area contributed by atoms with Crippen molar-refractivity contribution in [1.29, 1.82) is 0 Å². The van der Waals surface area contributed by atoms with Crippen LogP contribution < -0.4 is 5.32 Å². The number of hydrogen-bond acceptors (Lipinski definition) is 1. The molecule has 1 atom stereocenters. The molecular weight excluding hydrogens is 233 g/mol. The Balaban J connectivity index is 2.33. The molecule has 1 aliphatic rings. The van der Waals surface area contributed by atoms with Crippen molar-refractivity contribution in [2.24, 2.45) is 0 Å². The van der Waals surface area contributed by atoms with E-state index < -0.39 is 0 Å². The van der Waals surface area contributed by atoms with Gasteiger partial charge < -0.3 is 5.32 Å². The van der Waals surface area contributed by atoms with E-state index in [9.17, 15) is 4.39 Å². The second-order valence-electron chi connectivity index (χ2n) is 3.29. The predicted molar refractivity (Wildman–Crippen MR) is 54.1 cm³/mol. The highest BCUT2D eigenvalue weighted by molar-refractivity contribution is 9.10. The first-order chi connectivity index (χ1) is 6.29. The number of nitrogens with one attached hydrogen (secondary N) is 1. The van der Waals surface area contributed by atoms with Crippen LogP contribution in [0, 0.1) is 5.82 Å². The summed E-state index contributed by atoms with van der Waals surface area (Å²) in [5.41, 5.74) is 0.784. The van der Waals surface area contributed by atoms with Crippen molar-refractivity contribution >= 4 is 15.9 Å². The van der Waals surface area contributed by atoms with Crippen LogP contribution in [0.5, 0.6) is 0 Å². The molecule has 1 N–H and O–H groups in total. The van der Waals surface area contributed by atoms with Crippen LogP contribution in [0.2, 0.25) is 0 Å². The lowest BCUT2D eigenvalue weighted by Gasteiger charge is -2.11. The van der Waals surface area contributed by atoms with Crippen LogP contribution in [0.1, 0.15) is 24.4 Å². The van der Waals surface area contributed by atoms with Gasteiger partial charge in [0.2, 0.25) is 0 Å². The summed E-state index contributed by atoms with van der Waals surface area (Å²) in [7, 11) is 0. The molecule has 1 aromatic rings. The molecule has 70 valence electrons. The second kappa shape index (κ2) is 3.76. The first-order valence-electron chi connectivity index (χ1n) is 4.46. The molecule has 0 spiro atoms. The lowest BCUT2D eigenvalue weighted by atomic mass is 10.1. The van der Waals surface area contributed by atoms with Crippen LogP contribution in [0.4, 0.5) is 4.39 Å². The molecule has 1 aliphatic heterocycles. The van der Waals surface area contributed by atoms with Gasteiger partial charge in [0.25, 0.3) is 0 Å². The summed E-state index contributed by atoms with van der Waals surface area (Å²) in [5, 5.41) is 3.28. The largest absolute Gasteiger partial charge is 0.310 e. The molecule has 0 bridgehead atoms. The quantitative estimate of drug-likeness (QED) is 0.800. The van der Waals surface area contributed by atoms with Crippen molar-refractivity contribution in [3.8, 4) is 0 Å². The second-order valence-corrected chi connectivity index (χ2v) is 4.15. The number of halogens is 2. The van der Waals surface area contributed by atoms with E-state index >= 15 is 0 Å². The molecule has 0 aromatic heterocycles. The van der Waals surface area contributed by atoms with E-state index in [4.69, 9.17) is 0 Å². The third-order valence-electron chi connectivity index (χ3n) is 2.42. The fourth-order valence-corrected chi connectivity index (χ4v) is 2.12. The lowest BCUT2D eigenvalue weighted by Crippen LogP contribution is -2.14. The normalized spacial score (nSPS) is 22.2. The van der Waals surface area contributed by atoms with E-state index in [-0.39, 0.29) is 11.9 Å². The standard InChI is InChI=1S/C10H11BrFN/c11-8-4-1-3-7(10(8)12)9-5-2-6-13-9/h1,3-4,9,13H,2,5-6H2/t9-/m0/s1. The van der Waals surface area contributed by atoms with Crippen molar-refractivity contribution in [2.75, 3.05) is 6.54 Å². The predicted octanol–water partition coefficient (Wildman–Crippen LogP) is 3.01. The maximum atomic E-state index is 13.6. The fraction of sp³-hybridized carbons (Fsp3) is 0.400. The Labute approximate surface area is 85.5 Å². The van der Waals surface area contributed by atoms with Gasteiger partial charge in [0.1, 0.15) is 5.82 Å². The first-order valence-corrected chi connectivity index (χ1v) is 5.25. The zero-order valence-corrected chi connectivity index (χ0v) is 8.77. The van der Waals surface area contributed by atoms with E-state index in [0.717, 1.165) is 24.9 Å². The smallest absolute Gasteiger partial charge is 0.142 e. The Kier molecular flexibility index (Phi) is 2.65. The highest BCUT2D eigenvalue weighted by Crippen LogP contribution is 2.28. The Morgan fingerprint density at radius 3 is 3.00 bits per heavy atom. The molecule has 1 heterocycles. The SMILES string of the molecule is Fc1c(Br)cccc1[C@@H]1CCCN1. The summed E-state index contributed by atoms with van der Waals surface area (Å²) in [6, 6.07) is 5.66. The maximum absolute atomic E-state index is 13.6. The molecule has 13 heavy (non-hydrogen) atoms. The van der Waals surface area contributed by atoms with Crippen LogP contribution in [0.3, 0.4) is 0 Å². The average Bonchev–Trinajstić information content (AvgIpc) is 2.62. The van der Waals surface area contributed by atoms with Crippen molar-refractivity contribution in [3.05, 3.63) is 34.1 Å². The zero-order valence-electron chi connectivity index (χ0n) is 7.19. The van der Waals surface area contributed by atoms with Crippen LogP contribution in [-0.2, 0) is 0 Å². The van der Waals surface area contributed by atoms with Crippen LogP contribution >= 0.6 is 15.9 Å². The van der Waals surface area contributed by atoms with Gasteiger partial charge in [0.15, 0.2) is 0 Å². The number of rotatable bonds is 1. The highest BCUT2D eigenvalue weighted by atomic mass is 79.9. The van der Waals surface area contributed by atoms with Gasteiger partial charge >= 0.3 is 0 Å². The van der Waals surface area contributed by atoms with Gasteiger partial charge in [-0.1, -0.05) is 12.1 Å². The van der Waals surface area contributed by atoms with Crippen LogP contribution in [0.15, 0.2) is 22.7 Å². The van der Waals surface area contributed by atoms with Crippen molar-refractivity contribution < 1.29 is 4.39 Å². The summed E-state index contributed by atoms with van der Waals surface area (Å²) in [6.45, 7) is 0.997. The fourth-order valence-electron chi connectivity index (χ4n) is 1.74. The topological polar surface area (TPSA) is 12.0 Å². The average molecular weight is 244 g/mol. The van der Waals surface area contributed by atoms with Gasteiger partial charge in [-0.05, 0) is 41.4 Å². The molecule has 0 aliphatic carbocycles. The lowest BCUT2D eigenvalue weighted by molar-refractivity contribution is 0.554. The number of benzene rings is 1. The molecule has 1 saturated heterocycles. The van der Waals surface area contributed by atoms with Gasteiger partial charge in [0.05, 0.1) is 4.47 Å². The highest BCUT2D eigenvalue weighted by Gasteiger charge is 2.20. The third-order valence-corrected chi connectivity index (χ3v) is 3.03. The van der Waals surface area contributed by atoms with Crippen molar-refractivity contribution in [3.63, 3.8) is 0 Å². The minimum Gasteiger partial charge on any atom is -0.310 e. The number of hydrogen-bond donors (Lipinski definition) is 1. The van der Waals surface area contributed by atoms with Crippen molar-refractivity contribution in [2.45, 2.75) is 18.9 Å². The Morgan fingerprint density at radius 2 is 2.31 bits per heavy atom. The molecular formula is C10H11BrFN. The minimum absolute atomic E-state index is 0.123. The molecule has 0 saturated carbocycles. The van der Waals surface area contributed by atoms with E-state index in [2.05, 4.69) is 21.2 Å². The van der Waals surface area contributed by atoms with Gasteiger partial charge in [-0.3, -0.25) is 0 Å². The maximum Gasteiger partial charge on any atom is 0.142 e. The van der Waals surface area contributed by atoms with E-state index in [1.165, 1.54) is 0 Å². The Hall–Kier alpha value is -0.410. The molecule has 1 nitrogen and oxygen atoms in total. The first kappa shape index (κ1) is 9.16.